The first-order valence-corrected chi connectivity index (χ1v) is 11.3. The molecule has 0 saturated heterocycles. The molecule has 0 unspecified atom stereocenters. The molecule has 1 heterocycles. The second-order valence-corrected chi connectivity index (χ2v) is 8.37. The Balaban J connectivity index is 1.50. The topological polar surface area (TPSA) is 156 Å². The second kappa shape index (κ2) is 10.5. The summed E-state index contributed by atoms with van der Waals surface area (Å²) in [6, 6.07) is 18.8. The van der Waals surface area contributed by atoms with E-state index in [4.69, 9.17) is 0 Å². The zero-order valence-corrected chi connectivity index (χ0v) is 19.5. The summed E-state index contributed by atoms with van der Waals surface area (Å²) in [5, 5.41) is 27.5. The van der Waals surface area contributed by atoms with Crippen LogP contribution in [0, 0.1) is 10.1 Å². The minimum absolute atomic E-state index is 0.0462. The number of anilines is 3. The fraction of sp³-hybridized carbons (Fsp3) is 0.0417. The maximum atomic E-state index is 13.0. The molecule has 3 N–H and O–H groups in total. The lowest BCUT2D eigenvalue weighted by atomic mass is 10.1. The summed E-state index contributed by atoms with van der Waals surface area (Å²) in [5.41, 5.74) is 1.60. The minimum Gasteiger partial charge on any atom is -0.326 e. The smallest absolute Gasteiger partial charge is 0.269 e. The number of aromatic nitrogens is 2. The standard InChI is InChI=1S/C24H18N6O5S/c1-14(31)25-19-8-4-2-6-17(19)21(32)26-20-9-5-3-7-18(20)22(33)27-24-29-28-23(36-24)15-10-12-16(13-11-15)30(34)35/h2-13H,1H3,(H,25,31)(H,26,32)(H,27,29,33). The molecule has 0 saturated carbocycles. The highest BCUT2D eigenvalue weighted by Crippen LogP contribution is 2.28. The van der Waals surface area contributed by atoms with Crippen molar-refractivity contribution in [2.24, 2.45) is 0 Å². The van der Waals surface area contributed by atoms with Crippen LogP contribution >= 0.6 is 11.3 Å². The maximum Gasteiger partial charge on any atom is 0.269 e. The number of nitro benzene ring substituents is 1. The van der Waals surface area contributed by atoms with Crippen LogP contribution in [0.2, 0.25) is 0 Å². The average Bonchev–Trinajstić information content (AvgIpc) is 3.32. The van der Waals surface area contributed by atoms with Gasteiger partial charge in [-0.15, -0.1) is 10.2 Å². The van der Waals surface area contributed by atoms with Gasteiger partial charge >= 0.3 is 0 Å². The van der Waals surface area contributed by atoms with Gasteiger partial charge in [0.15, 0.2) is 0 Å². The van der Waals surface area contributed by atoms with Gasteiger partial charge in [-0.3, -0.25) is 29.8 Å². The van der Waals surface area contributed by atoms with Crippen LogP contribution in [0.4, 0.5) is 22.2 Å². The zero-order valence-electron chi connectivity index (χ0n) is 18.7. The van der Waals surface area contributed by atoms with Gasteiger partial charge in [0.1, 0.15) is 5.01 Å². The van der Waals surface area contributed by atoms with Crippen molar-refractivity contribution in [2.75, 3.05) is 16.0 Å². The number of benzene rings is 3. The van der Waals surface area contributed by atoms with E-state index in [2.05, 4.69) is 26.1 Å². The largest absolute Gasteiger partial charge is 0.326 e. The molecule has 0 spiro atoms. The van der Waals surface area contributed by atoms with Crippen LogP contribution in [-0.4, -0.2) is 32.8 Å². The Kier molecular flexibility index (Phi) is 7.07. The number of carbonyl (C=O) groups excluding carboxylic acids is 3. The Bertz CT molecular complexity index is 1470. The third kappa shape index (κ3) is 5.56. The normalized spacial score (nSPS) is 10.4. The van der Waals surface area contributed by atoms with Crippen LogP contribution in [0.3, 0.4) is 0 Å². The van der Waals surface area contributed by atoms with Crippen LogP contribution in [-0.2, 0) is 4.79 Å². The molecule has 0 bridgehead atoms. The number of hydrogen-bond acceptors (Lipinski definition) is 8. The molecule has 3 amide bonds. The van der Waals surface area contributed by atoms with Crippen molar-refractivity contribution in [2.45, 2.75) is 6.92 Å². The highest BCUT2D eigenvalue weighted by molar-refractivity contribution is 7.18. The van der Waals surface area contributed by atoms with Crippen molar-refractivity contribution in [3.05, 3.63) is 94.0 Å². The van der Waals surface area contributed by atoms with E-state index in [1.165, 1.54) is 19.1 Å². The molecule has 11 nitrogen and oxygen atoms in total. The Hall–Kier alpha value is -4.97. The monoisotopic (exact) mass is 502 g/mol. The fourth-order valence-corrected chi connectivity index (χ4v) is 3.98. The van der Waals surface area contributed by atoms with E-state index in [0.717, 1.165) is 11.3 Å². The summed E-state index contributed by atoms with van der Waals surface area (Å²) in [5.74, 6) is -1.34. The predicted octanol–water partition coefficient (Wildman–Crippen LogP) is 4.58. The summed E-state index contributed by atoms with van der Waals surface area (Å²) in [7, 11) is 0. The van der Waals surface area contributed by atoms with Crippen molar-refractivity contribution in [1.82, 2.24) is 10.2 Å². The van der Waals surface area contributed by atoms with Crippen LogP contribution < -0.4 is 16.0 Å². The summed E-state index contributed by atoms with van der Waals surface area (Å²) >= 11 is 1.10. The molecule has 0 aliphatic heterocycles. The number of para-hydroxylation sites is 2. The first kappa shape index (κ1) is 24.2. The number of nitrogens with zero attached hydrogens (tertiary/aromatic N) is 3. The van der Waals surface area contributed by atoms with E-state index < -0.39 is 16.7 Å². The molecule has 12 heteroatoms. The van der Waals surface area contributed by atoms with E-state index in [1.807, 2.05) is 0 Å². The summed E-state index contributed by atoms with van der Waals surface area (Å²) in [6.07, 6.45) is 0. The van der Waals surface area contributed by atoms with Gasteiger partial charge < -0.3 is 10.6 Å². The molecule has 36 heavy (non-hydrogen) atoms. The van der Waals surface area contributed by atoms with Gasteiger partial charge in [0.2, 0.25) is 11.0 Å². The third-order valence-corrected chi connectivity index (χ3v) is 5.76. The van der Waals surface area contributed by atoms with E-state index in [9.17, 15) is 24.5 Å². The summed E-state index contributed by atoms with van der Waals surface area (Å²) in [4.78, 5) is 47.7. The van der Waals surface area contributed by atoms with Gasteiger partial charge in [0.05, 0.1) is 27.4 Å². The van der Waals surface area contributed by atoms with Crippen molar-refractivity contribution < 1.29 is 19.3 Å². The lowest BCUT2D eigenvalue weighted by Crippen LogP contribution is -2.20. The third-order valence-electron chi connectivity index (χ3n) is 4.87. The number of non-ortho nitro benzene ring substituents is 1. The number of carbonyl (C=O) groups is 3. The van der Waals surface area contributed by atoms with Crippen molar-refractivity contribution in [1.29, 1.82) is 0 Å². The van der Waals surface area contributed by atoms with Gasteiger partial charge in [0.25, 0.3) is 17.5 Å². The molecule has 3 aromatic carbocycles. The second-order valence-electron chi connectivity index (χ2n) is 7.40. The van der Waals surface area contributed by atoms with Crippen LogP contribution in [0.5, 0.6) is 0 Å². The van der Waals surface area contributed by atoms with Gasteiger partial charge in [-0.1, -0.05) is 35.6 Å². The highest BCUT2D eigenvalue weighted by Gasteiger charge is 2.18. The van der Waals surface area contributed by atoms with E-state index >= 15 is 0 Å². The molecule has 0 aliphatic carbocycles. The first-order chi connectivity index (χ1) is 17.3. The fourth-order valence-electron chi connectivity index (χ4n) is 3.24. The molecule has 180 valence electrons. The lowest BCUT2D eigenvalue weighted by Gasteiger charge is -2.13. The van der Waals surface area contributed by atoms with Gasteiger partial charge in [-0.2, -0.15) is 0 Å². The molecule has 0 fully saturated rings. The predicted molar refractivity (Wildman–Crippen MR) is 135 cm³/mol. The van der Waals surface area contributed by atoms with Crippen molar-refractivity contribution >= 4 is 51.3 Å². The first-order valence-electron chi connectivity index (χ1n) is 10.5. The Morgan fingerprint density at radius 3 is 1.92 bits per heavy atom. The average molecular weight is 503 g/mol. The molecule has 4 rings (SSSR count). The summed E-state index contributed by atoms with van der Waals surface area (Å²) in [6.45, 7) is 1.34. The van der Waals surface area contributed by atoms with Crippen LogP contribution in [0.1, 0.15) is 27.6 Å². The van der Waals surface area contributed by atoms with E-state index in [0.29, 0.717) is 16.3 Å². The summed E-state index contributed by atoms with van der Waals surface area (Å²) < 4.78 is 0. The van der Waals surface area contributed by atoms with Gasteiger partial charge in [-0.05, 0) is 36.4 Å². The van der Waals surface area contributed by atoms with E-state index in [1.54, 1.807) is 60.7 Å². The van der Waals surface area contributed by atoms with Crippen molar-refractivity contribution in [3.63, 3.8) is 0 Å². The molecular formula is C24H18N6O5S. The quantitative estimate of drug-likeness (QED) is 0.247. The number of rotatable bonds is 7. The molecule has 1 aromatic heterocycles. The van der Waals surface area contributed by atoms with Gasteiger partial charge in [-0.25, -0.2) is 0 Å². The van der Waals surface area contributed by atoms with Crippen LogP contribution in [0.15, 0.2) is 72.8 Å². The minimum atomic E-state index is -0.521. The number of nitro groups is 1. The molecule has 0 atom stereocenters. The van der Waals surface area contributed by atoms with Crippen LogP contribution in [0.25, 0.3) is 10.6 Å². The highest BCUT2D eigenvalue weighted by atomic mass is 32.1. The zero-order chi connectivity index (χ0) is 25.7. The lowest BCUT2D eigenvalue weighted by molar-refractivity contribution is -0.384. The van der Waals surface area contributed by atoms with Gasteiger partial charge in [0, 0.05) is 24.6 Å². The number of nitrogens with one attached hydrogen (secondary N) is 3. The molecular weight excluding hydrogens is 484 g/mol. The molecule has 4 aromatic rings. The Morgan fingerprint density at radius 1 is 0.778 bits per heavy atom. The number of amides is 3. The maximum absolute atomic E-state index is 13.0. The van der Waals surface area contributed by atoms with E-state index in [-0.39, 0.29) is 33.5 Å². The Labute approximate surface area is 208 Å². The molecule has 0 aliphatic rings. The van der Waals surface area contributed by atoms with Crippen molar-refractivity contribution in [3.8, 4) is 10.6 Å². The molecule has 0 radical (unpaired) electrons. The SMILES string of the molecule is CC(=O)Nc1ccccc1C(=O)Nc1ccccc1C(=O)Nc1nnc(-c2ccc([N+](=O)[O-])cc2)s1. The Morgan fingerprint density at radius 2 is 1.33 bits per heavy atom. The number of hydrogen-bond donors (Lipinski definition) is 3.